The fourth-order valence-electron chi connectivity index (χ4n) is 4.87. The van der Waals surface area contributed by atoms with Gasteiger partial charge in [-0.2, -0.15) is 13.9 Å². The zero-order chi connectivity index (χ0) is 24.7. The van der Waals surface area contributed by atoms with Gasteiger partial charge in [0, 0.05) is 48.7 Å². The van der Waals surface area contributed by atoms with Gasteiger partial charge < -0.3 is 20.7 Å². The molecule has 184 valence electrons. The zero-order valence-corrected chi connectivity index (χ0v) is 18.9. The van der Waals surface area contributed by atoms with E-state index in [1.807, 2.05) is 10.7 Å². The molecule has 0 aromatic carbocycles. The smallest absolute Gasteiger partial charge is 0.387 e. The first kappa shape index (κ1) is 22.9. The van der Waals surface area contributed by atoms with Crippen LogP contribution in [-0.2, 0) is 12.0 Å². The van der Waals surface area contributed by atoms with E-state index in [4.69, 9.17) is 5.73 Å². The Morgan fingerprint density at radius 2 is 2.00 bits per heavy atom. The third-order valence-corrected chi connectivity index (χ3v) is 6.73. The van der Waals surface area contributed by atoms with Crippen molar-refractivity contribution in [2.45, 2.75) is 44.4 Å². The highest BCUT2D eigenvalue weighted by molar-refractivity contribution is 5.75. The Morgan fingerprint density at radius 3 is 2.77 bits per heavy atom. The van der Waals surface area contributed by atoms with Gasteiger partial charge in [-0.15, -0.1) is 0 Å². The molecule has 2 aliphatic heterocycles. The number of rotatable bonds is 5. The highest BCUT2D eigenvalue weighted by Crippen LogP contribution is 2.44. The third-order valence-electron chi connectivity index (χ3n) is 6.73. The normalized spacial score (nSPS) is 19.9. The lowest BCUT2D eigenvalue weighted by atomic mass is 9.82. The Kier molecular flexibility index (Phi) is 5.73. The van der Waals surface area contributed by atoms with Crippen molar-refractivity contribution in [3.05, 3.63) is 53.9 Å². The third kappa shape index (κ3) is 4.35. The maximum Gasteiger partial charge on any atom is 0.387 e. The van der Waals surface area contributed by atoms with E-state index in [0.717, 1.165) is 24.7 Å². The lowest BCUT2D eigenvalue weighted by Gasteiger charge is -2.25. The quantitative estimate of drug-likeness (QED) is 0.570. The van der Waals surface area contributed by atoms with Crippen LogP contribution in [0.5, 0.6) is 5.75 Å². The maximum atomic E-state index is 13.5. The summed E-state index contributed by atoms with van der Waals surface area (Å²) in [5.74, 6) is -0.785. The van der Waals surface area contributed by atoms with Crippen LogP contribution in [0.25, 0.3) is 11.3 Å². The number of likely N-dealkylation sites (tertiary alicyclic amines) is 1. The predicted octanol–water partition coefficient (Wildman–Crippen LogP) is 3.48. The molecule has 3 aromatic rings. The first-order chi connectivity index (χ1) is 16.7. The molecule has 0 aliphatic carbocycles. The maximum absolute atomic E-state index is 13.5. The first-order valence-electron chi connectivity index (χ1n) is 11.2. The van der Waals surface area contributed by atoms with Crippen molar-refractivity contribution in [3.63, 3.8) is 0 Å². The standard InChI is InChI=1S/C23H24F3N7O2/c1-13(14-6-16(24)11-28-9-14)30-22(34)32-4-2-23(12-32)3-5-33-19(23)8-17(31-33)15-7-18(35-21(25)26)20(27)29-10-15/h6-11,13,21H,2-5,12H2,1H3,(H2,27,29)(H,30,34)/t13-,23?/m1/s1. The molecule has 12 heteroatoms. The van der Waals surface area contributed by atoms with Crippen LogP contribution in [-0.4, -0.2) is 50.4 Å². The van der Waals surface area contributed by atoms with E-state index in [9.17, 15) is 18.0 Å². The van der Waals surface area contributed by atoms with Gasteiger partial charge in [0.2, 0.25) is 0 Å². The van der Waals surface area contributed by atoms with Gasteiger partial charge in [0.1, 0.15) is 5.82 Å². The van der Waals surface area contributed by atoms with Gasteiger partial charge in [-0.25, -0.2) is 14.2 Å². The fourth-order valence-corrected chi connectivity index (χ4v) is 4.87. The summed E-state index contributed by atoms with van der Waals surface area (Å²) in [6.07, 6.45) is 5.71. The number of aryl methyl sites for hydroxylation is 1. The second-order valence-electron chi connectivity index (χ2n) is 8.93. The van der Waals surface area contributed by atoms with E-state index in [1.165, 1.54) is 24.5 Å². The van der Waals surface area contributed by atoms with Crippen LogP contribution >= 0.6 is 0 Å². The van der Waals surface area contributed by atoms with Gasteiger partial charge in [-0.1, -0.05) is 0 Å². The van der Waals surface area contributed by atoms with Gasteiger partial charge in [-0.05, 0) is 43.5 Å². The minimum atomic E-state index is -3.01. The van der Waals surface area contributed by atoms with E-state index in [2.05, 4.69) is 25.1 Å². The molecule has 35 heavy (non-hydrogen) atoms. The van der Waals surface area contributed by atoms with Gasteiger partial charge in [0.25, 0.3) is 0 Å². The Balaban J connectivity index is 1.31. The van der Waals surface area contributed by atoms with E-state index in [0.29, 0.717) is 36.5 Å². The zero-order valence-electron chi connectivity index (χ0n) is 18.9. The number of nitrogens with one attached hydrogen (secondary N) is 1. The molecule has 0 bridgehead atoms. The number of carbonyl (C=O) groups excluding carboxylic acids is 1. The number of nitrogens with zero attached hydrogens (tertiary/aromatic N) is 5. The number of alkyl halides is 2. The molecule has 1 saturated heterocycles. The Hall–Kier alpha value is -3.83. The molecule has 2 aliphatic rings. The summed E-state index contributed by atoms with van der Waals surface area (Å²) >= 11 is 0. The van der Waals surface area contributed by atoms with Crippen molar-refractivity contribution in [2.75, 3.05) is 18.8 Å². The Morgan fingerprint density at radius 1 is 1.20 bits per heavy atom. The number of fused-ring (bicyclic) bond motifs is 2. The predicted molar refractivity (Wildman–Crippen MR) is 120 cm³/mol. The molecule has 1 spiro atoms. The SMILES string of the molecule is C[C@@H](NC(=O)N1CCC2(CCn3nc(-c4cnc(N)c(OC(F)F)c4)cc32)C1)c1cncc(F)c1. The molecule has 3 N–H and O–H groups in total. The minimum Gasteiger partial charge on any atom is -0.431 e. The summed E-state index contributed by atoms with van der Waals surface area (Å²) in [5, 5.41) is 7.54. The molecule has 1 unspecified atom stereocenters. The average molecular weight is 487 g/mol. The number of nitrogens with two attached hydrogens (primary N) is 1. The number of hydrogen-bond donors (Lipinski definition) is 2. The second-order valence-corrected chi connectivity index (χ2v) is 8.93. The van der Waals surface area contributed by atoms with Crippen LogP contribution in [0.3, 0.4) is 0 Å². The molecule has 3 aromatic heterocycles. The molecule has 5 heterocycles. The number of pyridine rings is 2. The van der Waals surface area contributed by atoms with Gasteiger partial charge in [-0.3, -0.25) is 9.67 Å². The number of aromatic nitrogens is 4. The summed E-state index contributed by atoms with van der Waals surface area (Å²) in [4.78, 5) is 22.5. The Bertz CT molecular complexity index is 1270. The number of hydrogen-bond acceptors (Lipinski definition) is 6. The van der Waals surface area contributed by atoms with Crippen molar-refractivity contribution in [2.24, 2.45) is 0 Å². The number of anilines is 1. The van der Waals surface area contributed by atoms with Crippen LogP contribution in [0.1, 0.15) is 37.1 Å². The number of carbonyl (C=O) groups is 1. The van der Waals surface area contributed by atoms with Crippen LogP contribution < -0.4 is 15.8 Å². The second kappa shape index (κ2) is 8.75. The number of halogens is 3. The number of urea groups is 1. The van der Waals surface area contributed by atoms with Gasteiger partial charge >= 0.3 is 12.6 Å². The molecule has 2 atom stereocenters. The Labute approximate surface area is 199 Å². The van der Waals surface area contributed by atoms with Crippen LogP contribution in [0, 0.1) is 5.82 Å². The van der Waals surface area contributed by atoms with Gasteiger partial charge in [0.05, 0.1) is 17.9 Å². The van der Waals surface area contributed by atoms with Crippen molar-refractivity contribution in [3.8, 4) is 17.0 Å². The number of amides is 2. The molecular weight excluding hydrogens is 463 g/mol. The first-order valence-corrected chi connectivity index (χ1v) is 11.2. The summed E-state index contributed by atoms with van der Waals surface area (Å²) < 4.78 is 45.2. The number of nitrogen functional groups attached to an aromatic ring is 1. The van der Waals surface area contributed by atoms with Crippen molar-refractivity contribution in [1.82, 2.24) is 30.0 Å². The van der Waals surface area contributed by atoms with Crippen molar-refractivity contribution >= 4 is 11.8 Å². The van der Waals surface area contributed by atoms with Crippen molar-refractivity contribution in [1.29, 1.82) is 0 Å². The lowest BCUT2D eigenvalue weighted by molar-refractivity contribution is -0.0494. The van der Waals surface area contributed by atoms with Crippen LogP contribution in [0.4, 0.5) is 23.8 Å². The van der Waals surface area contributed by atoms with E-state index < -0.39 is 18.5 Å². The molecule has 1 fully saturated rings. The molecule has 0 saturated carbocycles. The van der Waals surface area contributed by atoms with Crippen LogP contribution in [0.15, 0.2) is 36.8 Å². The number of ether oxygens (including phenoxy) is 1. The van der Waals surface area contributed by atoms with E-state index in [-0.39, 0.29) is 23.0 Å². The topological polar surface area (TPSA) is 111 Å². The highest BCUT2D eigenvalue weighted by Gasteiger charge is 2.47. The minimum absolute atomic E-state index is 0.127. The van der Waals surface area contributed by atoms with Crippen LogP contribution in [0.2, 0.25) is 0 Å². The molecular formula is C23H24F3N7O2. The molecule has 9 nitrogen and oxygen atoms in total. The summed E-state index contributed by atoms with van der Waals surface area (Å²) in [6.45, 7) is 0.525. The highest BCUT2D eigenvalue weighted by atomic mass is 19.3. The molecule has 5 rings (SSSR count). The average Bonchev–Trinajstić information content (AvgIpc) is 3.52. The molecule has 0 radical (unpaired) electrons. The fraction of sp³-hybridized carbons (Fsp3) is 0.391. The summed E-state index contributed by atoms with van der Waals surface area (Å²) in [5.41, 5.74) is 8.04. The summed E-state index contributed by atoms with van der Waals surface area (Å²) in [6, 6.07) is 4.04. The largest absolute Gasteiger partial charge is 0.431 e. The van der Waals surface area contributed by atoms with Gasteiger partial charge in [0.15, 0.2) is 11.6 Å². The summed E-state index contributed by atoms with van der Waals surface area (Å²) in [7, 11) is 0. The van der Waals surface area contributed by atoms with Crippen molar-refractivity contribution < 1.29 is 22.7 Å². The lowest BCUT2D eigenvalue weighted by Crippen LogP contribution is -2.41. The molecule has 2 amide bonds. The van der Waals surface area contributed by atoms with E-state index >= 15 is 0 Å². The monoisotopic (exact) mass is 487 g/mol. The van der Waals surface area contributed by atoms with E-state index in [1.54, 1.807) is 11.8 Å².